The summed E-state index contributed by atoms with van der Waals surface area (Å²) in [4.78, 5) is 36.1. The Labute approximate surface area is 158 Å². The maximum absolute atomic E-state index is 12.9. The van der Waals surface area contributed by atoms with E-state index in [0.29, 0.717) is 36.0 Å². The zero-order valence-electron chi connectivity index (χ0n) is 15.0. The number of pyridine rings is 1. The van der Waals surface area contributed by atoms with Crippen molar-refractivity contribution in [2.75, 3.05) is 20.3 Å². The maximum Gasteiger partial charge on any atom is 0.442 e. The molecule has 2 fully saturated rings. The van der Waals surface area contributed by atoms with Crippen molar-refractivity contribution in [2.45, 2.75) is 37.1 Å². The monoisotopic (exact) mass is 395 g/mol. The first-order valence-corrected chi connectivity index (χ1v) is 8.78. The number of alkyl halides is 2. The molecule has 1 amide bonds. The molecule has 2 aromatic rings. The topological polar surface area (TPSA) is 98.7 Å². The molecular formula is C17H19F2N5O4. The third-order valence-electron chi connectivity index (χ3n) is 5.40. The van der Waals surface area contributed by atoms with E-state index in [1.165, 1.54) is 18.3 Å². The van der Waals surface area contributed by atoms with E-state index in [1.54, 1.807) is 18.5 Å². The lowest BCUT2D eigenvalue weighted by molar-refractivity contribution is -0.232. The van der Waals surface area contributed by atoms with Crippen LogP contribution >= 0.6 is 0 Å². The molecule has 1 N–H and O–H groups in total. The summed E-state index contributed by atoms with van der Waals surface area (Å²) in [5.74, 6) is 0. The lowest BCUT2D eigenvalue weighted by atomic mass is 9.84. The van der Waals surface area contributed by atoms with Gasteiger partial charge in [-0.3, -0.25) is 14.8 Å². The number of carbonyl (C=O) groups excluding carboxylic acids is 1. The van der Waals surface area contributed by atoms with Gasteiger partial charge in [-0.25, -0.2) is 14.8 Å². The molecule has 3 unspecified atom stereocenters. The quantitative estimate of drug-likeness (QED) is 0.605. The molecule has 28 heavy (non-hydrogen) atoms. The molecular weight excluding hydrogens is 376 g/mol. The highest BCUT2D eigenvalue weighted by molar-refractivity contribution is 5.80. The van der Waals surface area contributed by atoms with Crippen molar-refractivity contribution in [1.82, 2.24) is 25.2 Å². The second kappa shape index (κ2) is 7.49. The van der Waals surface area contributed by atoms with Crippen molar-refractivity contribution in [1.29, 1.82) is 0 Å². The molecule has 2 aromatic heterocycles. The van der Waals surface area contributed by atoms with E-state index < -0.39 is 24.3 Å². The molecule has 9 nitrogen and oxygen atoms in total. The van der Waals surface area contributed by atoms with Gasteiger partial charge in [-0.15, -0.1) is 0 Å². The van der Waals surface area contributed by atoms with Crippen LogP contribution in [0.5, 0.6) is 0 Å². The van der Waals surface area contributed by atoms with Gasteiger partial charge in [-0.2, -0.15) is 13.7 Å². The number of halogens is 2. The number of ether oxygens (including phenoxy) is 1. The fourth-order valence-corrected chi connectivity index (χ4v) is 4.33. The van der Waals surface area contributed by atoms with Gasteiger partial charge in [0.25, 0.3) is 0 Å². The van der Waals surface area contributed by atoms with E-state index in [1.807, 2.05) is 0 Å². The average Bonchev–Trinajstić information content (AvgIpc) is 2.96. The van der Waals surface area contributed by atoms with E-state index in [2.05, 4.69) is 25.2 Å². The Morgan fingerprint density at radius 3 is 3.11 bits per heavy atom. The molecule has 11 heteroatoms. The minimum Gasteiger partial charge on any atom is -0.320 e. The molecule has 0 spiro atoms. The van der Waals surface area contributed by atoms with Gasteiger partial charge in [0, 0.05) is 30.4 Å². The molecule has 2 bridgehead atoms. The number of fused-ring (bicyclic) bond motifs is 3. The zero-order valence-corrected chi connectivity index (χ0v) is 15.0. The Morgan fingerprint density at radius 2 is 2.32 bits per heavy atom. The van der Waals surface area contributed by atoms with Crippen LogP contribution in [0.2, 0.25) is 0 Å². The van der Waals surface area contributed by atoms with Crippen LogP contribution in [0.1, 0.15) is 24.6 Å². The van der Waals surface area contributed by atoms with Crippen LogP contribution < -0.4 is 5.32 Å². The molecule has 3 atom stereocenters. The largest absolute Gasteiger partial charge is 0.442 e. The third kappa shape index (κ3) is 3.05. The van der Waals surface area contributed by atoms with E-state index >= 15 is 0 Å². The number of aromatic nitrogens is 3. The molecule has 4 rings (SSSR count). The van der Waals surface area contributed by atoms with Gasteiger partial charge in [-0.1, -0.05) is 0 Å². The molecule has 0 aromatic carbocycles. The third-order valence-corrected chi connectivity index (χ3v) is 5.40. The standard InChI is InChI=1S/C17H19F2N5O4/c1-26-28-16(25)24-10-2-4-17(24,8-27-15(18)19)14(21-6-10)13-11-7-20-5-3-12(11)22-9-23-13/h3,5,7,9-10,14-15,21H,2,4,6,8H2,1H3. The molecule has 2 saturated heterocycles. The van der Waals surface area contributed by atoms with Crippen LogP contribution in [-0.4, -0.2) is 64.4 Å². The molecule has 150 valence electrons. The van der Waals surface area contributed by atoms with Crippen molar-refractivity contribution >= 4 is 17.0 Å². The van der Waals surface area contributed by atoms with Gasteiger partial charge in [0.15, 0.2) is 0 Å². The first kappa shape index (κ1) is 18.8. The number of carbonyl (C=O) groups is 1. The average molecular weight is 395 g/mol. The van der Waals surface area contributed by atoms with Gasteiger partial charge in [0.2, 0.25) is 0 Å². The van der Waals surface area contributed by atoms with Crippen LogP contribution in [0.3, 0.4) is 0 Å². The van der Waals surface area contributed by atoms with Crippen molar-refractivity contribution in [3.63, 3.8) is 0 Å². The fourth-order valence-electron chi connectivity index (χ4n) is 4.33. The fraction of sp³-hybridized carbons (Fsp3) is 0.529. The Hall–Kier alpha value is -2.50. The summed E-state index contributed by atoms with van der Waals surface area (Å²) >= 11 is 0. The first-order chi connectivity index (χ1) is 13.6. The normalized spacial score (nSPS) is 26.8. The number of nitrogens with one attached hydrogen (secondary N) is 1. The zero-order chi connectivity index (χ0) is 19.7. The summed E-state index contributed by atoms with van der Waals surface area (Å²) in [6, 6.07) is 0.926. The van der Waals surface area contributed by atoms with E-state index in [4.69, 9.17) is 9.62 Å². The predicted octanol–water partition coefficient (Wildman–Crippen LogP) is 1.81. The lowest BCUT2D eigenvalue weighted by Crippen LogP contribution is -2.65. The summed E-state index contributed by atoms with van der Waals surface area (Å²) in [5.41, 5.74) is 0.107. The number of hydrogen-bond acceptors (Lipinski definition) is 8. The van der Waals surface area contributed by atoms with Crippen molar-refractivity contribution < 1.29 is 28.1 Å². The number of hydrogen-bond donors (Lipinski definition) is 1. The number of amides is 1. The van der Waals surface area contributed by atoms with Crippen molar-refractivity contribution in [3.8, 4) is 0 Å². The molecule has 2 aliphatic rings. The van der Waals surface area contributed by atoms with Crippen LogP contribution in [0.15, 0.2) is 24.8 Å². The van der Waals surface area contributed by atoms with Gasteiger partial charge in [0.1, 0.15) is 6.33 Å². The molecule has 0 saturated carbocycles. The number of rotatable bonds is 5. The van der Waals surface area contributed by atoms with Gasteiger partial charge in [-0.05, 0) is 18.9 Å². The number of piperazine rings is 1. The van der Waals surface area contributed by atoms with Gasteiger partial charge >= 0.3 is 12.7 Å². The van der Waals surface area contributed by atoms with Crippen LogP contribution in [-0.2, 0) is 14.5 Å². The first-order valence-electron chi connectivity index (χ1n) is 8.78. The smallest absolute Gasteiger partial charge is 0.320 e. The SMILES string of the molecule is COOC(=O)N1C2CCC1(COC(F)F)C(c1ncnc3ccncc13)NC2. The van der Waals surface area contributed by atoms with Crippen molar-refractivity contribution in [2.24, 2.45) is 0 Å². The summed E-state index contributed by atoms with van der Waals surface area (Å²) < 4.78 is 30.6. The van der Waals surface area contributed by atoms with Gasteiger partial charge < -0.3 is 10.1 Å². The summed E-state index contributed by atoms with van der Waals surface area (Å²) in [6.07, 6.45) is 4.93. The Balaban J connectivity index is 1.81. The second-order valence-corrected chi connectivity index (χ2v) is 6.75. The highest BCUT2D eigenvalue weighted by Gasteiger charge is 2.59. The van der Waals surface area contributed by atoms with Gasteiger partial charge in [0.05, 0.1) is 36.5 Å². The minimum atomic E-state index is -2.97. The summed E-state index contributed by atoms with van der Waals surface area (Å²) in [5, 5.41) is 4.02. The summed E-state index contributed by atoms with van der Waals surface area (Å²) in [7, 11) is 1.21. The van der Waals surface area contributed by atoms with E-state index in [9.17, 15) is 13.6 Å². The van der Waals surface area contributed by atoms with Crippen LogP contribution in [0.4, 0.5) is 13.6 Å². The number of nitrogens with zero attached hydrogens (tertiary/aromatic N) is 4. The summed E-state index contributed by atoms with van der Waals surface area (Å²) in [6.45, 7) is -2.91. The Kier molecular flexibility index (Phi) is 5.04. The molecule has 0 radical (unpaired) electrons. The predicted molar refractivity (Wildman–Crippen MR) is 91.1 cm³/mol. The molecule has 4 heterocycles. The molecule has 0 aliphatic carbocycles. The second-order valence-electron chi connectivity index (χ2n) is 6.75. The lowest BCUT2D eigenvalue weighted by Gasteiger charge is -2.48. The molecule has 2 aliphatic heterocycles. The Morgan fingerprint density at radius 1 is 1.46 bits per heavy atom. The van der Waals surface area contributed by atoms with Crippen molar-refractivity contribution in [3.05, 3.63) is 30.5 Å². The minimum absolute atomic E-state index is 0.230. The maximum atomic E-state index is 12.9. The van der Waals surface area contributed by atoms with E-state index in [-0.39, 0.29) is 12.6 Å². The highest BCUT2D eigenvalue weighted by atomic mass is 19.3. The van der Waals surface area contributed by atoms with E-state index in [0.717, 1.165) is 0 Å². The van der Waals surface area contributed by atoms with Crippen LogP contribution in [0.25, 0.3) is 10.9 Å². The highest BCUT2D eigenvalue weighted by Crippen LogP contribution is 2.47. The Bertz CT molecular complexity index is 867. The van der Waals surface area contributed by atoms with Crippen LogP contribution in [0, 0.1) is 0 Å².